The summed E-state index contributed by atoms with van der Waals surface area (Å²) in [6.45, 7) is 0.402. The fraction of sp³-hybridized carbons (Fsp3) is 0.500. The molecule has 0 bridgehead atoms. The van der Waals surface area contributed by atoms with Gasteiger partial charge in [0.2, 0.25) is 0 Å². The van der Waals surface area contributed by atoms with Crippen LogP contribution >= 0.6 is 0 Å². The van der Waals surface area contributed by atoms with Gasteiger partial charge in [-0.05, 0) is 6.08 Å². The summed E-state index contributed by atoms with van der Waals surface area (Å²) in [5.74, 6) is -2.46. The molecule has 0 saturated heterocycles. The van der Waals surface area contributed by atoms with E-state index in [1.165, 1.54) is 23.4 Å². The molecular formula is C10H11F3N4O2. The topological polar surface area (TPSA) is 83.0 Å². The van der Waals surface area contributed by atoms with Gasteiger partial charge >= 0.3 is 12.1 Å². The zero-order valence-electron chi connectivity index (χ0n) is 9.67. The maximum Gasteiger partial charge on any atom is 0.491 e. The Bertz CT molecular complexity index is 485. The summed E-state index contributed by atoms with van der Waals surface area (Å²) in [4.78, 5) is 14.5. The lowest BCUT2D eigenvalue weighted by Gasteiger charge is -2.24. The van der Waals surface area contributed by atoms with Crippen LogP contribution in [0.2, 0.25) is 0 Å². The second kappa shape index (κ2) is 4.65. The largest absolute Gasteiger partial charge is 0.491 e. The molecule has 19 heavy (non-hydrogen) atoms. The molecule has 2 rings (SSSR count). The minimum atomic E-state index is -5.05. The van der Waals surface area contributed by atoms with E-state index in [0.29, 0.717) is 6.54 Å². The van der Waals surface area contributed by atoms with Gasteiger partial charge < -0.3 is 4.74 Å². The SMILES string of the molecule is N[C@@]1(OC(=O)C(F)(F)F)C=C[C@H](Cn2cncn2)C1. The van der Waals surface area contributed by atoms with Crippen LogP contribution in [-0.4, -0.2) is 32.6 Å². The number of carbonyl (C=O) groups is 1. The lowest BCUT2D eigenvalue weighted by atomic mass is 10.1. The van der Waals surface area contributed by atoms with E-state index in [4.69, 9.17) is 5.73 Å². The van der Waals surface area contributed by atoms with E-state index in [9.17, 15) is 18.0 Å². The predicted octanol–water partition coefficient (Wildman–Crippen LogP) is 0.615. The standard InChI is InChI=1S/C10H11F3N4O2/c11-10(12,13)8(18)19-9(14)2-1-7(3-9)4-17-6-15-5-16-17/h1-2,5-7H,3-4,14H2/t7-,9+/m0/s1. The van der Waals surface area contributed by atoms with E-state index >= 15 is 0 Å². The molecule has 1 aliphatic rings. The van der Waals surface area contributed by atoms with Gasteiger partial charge in [-0.25, -0.2) is 9.78 Å². The Morgan fingerprint density at radius 3 is 2.89 bits per heavy atom. The van der Waals surface area contributed by atoms with Crippen LogP contribution in [0.4, 0.5) is 13.2 Å². The molecule has 1 heterocycles. The molecule has 2 N–H and O–H groups in total. The number of hydrogen-bond donors (Lipinski definition) is 1. The first-order valence-corrected chi connectivity index (χ1v) is 5.39. The number of allylic oxidation sites excluding steroid dienone is 1. The Labute approximate surface area is 106 Å². The molecule has 0 aromatic carbocycles. The highest BCUT2D eigenvalue weighted by Crippen LogP contribution is 2.30. The lowest BCUT2D eigenvalue weighted by Crippen LogP contribution is -2.45. The average molecular weight is 276 g/mol. The summed E-state index contributed by atoms with van der Waals surface area (Å²) in [5, 5.41) is 3.87. The number of nitrogens with zero attached hydrogens (tertiary/aromatic N) is 3. The van der Waals surface area contributed by atoms with Crippen molar-refractivity contribution in [3.63, 3.8) is 0 Å². The van der Waals surface area contributed by atoms with Crippen molar-refractivity contribution in [1.29, 1.82) is 0 Å². The van der Waals surface area contributed by atoms with Crippen LogP contribution in [0.1, 0.15) is 6.42 Å². The summed E-state index contributed by atoms with van der Waals surface area (Å²) in [7, 11) is 0. The molecule has 2 atom stereocenters. The second-order valence-electron chi connectivity index (χ2n) is 4.28. The van der Waals surface area contributed by atoms with E-state index in [1.807, 2.05) is 0 Å². The number of halogens is 3. The number of rotatable bonds is 3. The normalized spacial score (nSPS) is 26.6. The lowest BCUT2D eigenvalue weighted by molar-refractivity contribution is -0.210. The van der Waals surface area contributed by atoms with Gasteiger partial charge in [-0.15, -0.1) is 0 Å². The van der Waals surface area contributed by atoms with Crippen LogP contribution < -0.4 is 5.73 Å². The number of nitrogens with two attached hydrogens (primary N) is 1. The van der Waals surface area contributed by atoms with Gasteiger partial charge in [0.1, 0.15) is 12.7 Å². The number of hydrogen-bond acceptors (Lipinski definition) is 5. The molecule has 6 nitrogen and oxygen atoms in total. The summed E-state index contributed by atoms with van der Waals surface area (Å²) < 4.78 is 42.1. The maximum atomic E-state index is 12.1. The number of esters is 1. The van der Waals surface area contributed by atoms with E-state index in [2.05, 4.69) is 14.8 Å². The number of carbonyl (C=O) groups excluding carboxylic acids is 1. The number of alkyl halides is 3. The third-order valence-electron chi connectivity index (χ3n) is 2.63. The highest BCUT2D eigenvalue weighted by atomic mass is 19.4. The van der Waals surface area contributed by atoms with Crippen molar-refractivity contribution >= 4 is 5.97 Å². The van der Waals surface area contributed by atoms with E-state index in [1.54, 1.807) is 6.08 Å². The van der Waals surface area contributed by atoms with Crippen molar-refractivity contribution in [2.75, 3.05) is 0 Å². The third-order valence-corrected chi connectivity index (χ3v) is 2.63. The highest BCUT2D eigenvalue weighted by Gasteiger charge is 2.46. The van der Waals surface area contributed by atoms with Crippen LogP contribution in [-0.2, 0) is 16.1 Å². The first-order valence-electron chi connectivity index (χ1n) is 5.39. The van der Waals surface area contributed by atoms with Crippen molar-refractivity contribution in [3.05, 3.63) is 24.8 Å². The first-order chi connectivity index (χ1) is 8.78. The van der Waals surface area contributed by atoms with Gasteiger partial charge in [-0.3, -0.25) is 10.4 Å². The molecule has 1 aromatic rings. The summed E-state index contributed by atoms with van der Waals surface area (Å²) in [6, 6.07) is 0. The van der Waals surface area contributed by atoms with Crippen molar-refractivity contribution in [1.82, 2.24) is 14.8 Å². The van der Waals surface area contributed by atoms with Crippen LogP contribution in [0.5, 0.6) is 0 Å². The molecule has 1 aromatic heterocycles. The van der Waals surface area contributed by atoms with Gasteiger partial charge in [0.15, 0.2) is 5.72 Å². The van der Waals surface area contributed by atoms with Crippen molar-refractivity contribution in [2.24, 2.45) is 11.7 Å². The fourth-order valence-corrected chi connectivity index (χ4v) is 1.84. The Morgan fingerprint density at radius 2 is 2.32 bits per heavy atom. The van der Waals surface area contributed by atoms with Gasteiger partial charge in [0.05, 0.1) is 0 Å². The molecule has 0 radical (unpaired) electrons. The van der Waals surface area contributed by atoms with Crippen LogP contribution in [0.15, 0.2) is 24.8 Å². The molecule has 0 saturated carbocycles. The highest BCUT2D eigenvalue weighted by molar-refractivity contribution is 5.76. The van der Waals surface area contributed by atoms with E-state index < -0.39 is 17.9 Å². The average Bonchev–Trinajstić information content (AvgIpc) is 2.88. The summed E-state index contributed by atoms with van der Waals surface area (Å²) in [5.41, 5.74) is 3.88. The van der Waals surface area contributed by atoms with Crippen molar-refractivity contribution in [2.45, 2.75) is 24.9 Å². The molecule has 0 amide bonds. The fourth-order valence-electron chi connectivity index (χ4n) is 1.84. The second-order valence-corrected chi connectivity index (χ2v) is 4.28. The summed E-state index contributed by atoms with van der Waals surface area (Å²) in [6.07, 6.45) is 0.701. The van der Waals surface area contributed by atoms with Gasteiger partial charge in [-0.2, -0.15) is 18.3 Å². The van der Waals surface area contributed by atoms with Gasteiger partial charge in [0.25, 0.3) is 0 Å². The Hall–Kier alpha value is -1.90. The monoisotopic (exact) mass is 276 g/mol. The summed E-state index contributed by atoms with van der Waals surface area (Å²) >= 11 is 0. The number of ether oxygens (including phenoxy) is 1. The molecule has 0 aliphatic heterocycles. The molecule has 0 unspecified atom stereocenters. The first kappa shape index (κ1) is 13.5. The zero-order chi connectivity index (χ0) is 14.1. The van der Waals surface area contributed by atoms with Gasteiger partial charge in [-0.1, -0.05) is 6.08 Å². The molecule has 104 valence electrons. The minimum Gasteiger partial charge on any atom is -0.434 e. The molecular weight excluding hydrogens is 265 g/mol. The van der Waals surface area contributed by atoms with E-state index in [0.717, 1.165) is 0 Å². The number of aromatic nitrogens is 3. The van der Waals surface area contributed by atoms with Crippen LogP contribution in [0, 0.1) is 5.92 Å². The predicted molar refractivity (Wildman–Crippen MR) is 56.3 cm³/mol. The van der Waals surface area contributed by atoms with Gasteiger partial charge in [0, 0.05) is 18.9 Å². The molecule has 9 heteroatoms. The quantitative estimate of drug-likeness (QED) is 0.497. The smallest absolute Gasteiger partial charge is 0.434 e. The zero-order valence-corrected chi connectivity index (χ0v) is 9.67. The van der Waals surface area contributed by atoms with Crippen molar-refractivity contribution < 1.29 is 22.7 Å². The Morgan fingerprint density at radius 1 is 1.58 bits per heavy atom. The Kier molecular flexibility index (Phi) is 3.31. The minimum absolute atomic E-state index is 0.0642. The molecule has 0 spiro atoms. The molecule has 0 fully saturated rings. The molecule has 1 aliphatic carbocycles. The third kappa shape index (κ3) is 3.31. The van der Waals surface area contributed by atoms with Crippen LogP contribution in [0.3, 0.4) is 0 Å². The maximum absolute atomic E-state index is 12.1. The van der Waals surface area contributed by atoms with Crippen LogP contribution in [0.25, 0.3) is 0 Å². The van der Waals surface area contributed by atoms with E-state index in [-0.39, 0.29) is 12.3 Å². The Balaban J connectivity index is 1.94. The van der Waals surface area contributed by atoms with Crippen molar-refractivity contribution in [3.8, 4) is 0 Å².